The highest BCUT2D eigenvalue weighted by Crippen LogP contribution is 2.15. The standard InChI is InChI=1S/C15H26N2OS/c1-3-16-14(6-5-13-7-10-19-12-13)15-11-17(4-2)8-9-18-15/h7,10,12,14-16H,3-6,8-9,11H2,1-2H3. The zero-order valence-electron chi connectivity index (χ0n) is 12.1. The number of nitrogens with zero attached hydrogens (tertiary/aromatic N) is 1. The zero-order chi connectivity index (χ0) is 13.5. The van der Waals surface area contributed by atoms with Crippen LogP contribution in [0.1, 0.15) is 25.8 Å². The maximum atomic E-state index is 5.99. The highest BCUT2D eigenvalue weighted by molar-refractivity contribution is 7.07. The van der Waals surface area contributed by atoms with Crippen LogP contribution in [0.2, 0.25) is 0 Å². The van der Waals surface area contributed by atoms with Crippen LogP contribution >= 0.6 is 11.3 Å². The summed E-state index contributed by atoms with van der Waals surface area (Å²) in [6.45, 7) is 9.57. The van der Waals surface area contributed by atoms with Gasteiger partial charge in [-0.3, -0.25) is 4.90 Å². The molecule has 0 spiro atoms. The maximum Gasteiger partial charge on any atom is 0.0855 e. The van der Waals surface area contributed by atoms with Gasteiger partial charge in [-0.25, -0.2) is 0 Å². The Kier molecular flexibility index (Phi) is 6.31. The summed E-state index contributed by atoms with van der Waals surface area (Å²) in [6.07, 6.45) is 2.65. The average Bonchev–Trinajstić information content (AvgIpc) is 2.97. The van der Waals surface area contributed by atoms with Crippen molar-refractivity contribution in [2.24, 2.45) is 0 Å². The molecule has 1 N–H and O–H groups in total. The van der Waals surface area contributed by atoms with Crippen LogP contribution in [0.3, 0.4) is 0 Å². The quantitative estimate of drug-likeness (QED) is 0.831. The van der Waals surface area contributed by atoms with Crippen LogP contribution in [0.4, 0.5) is 0 Å². The van der Waals surface area contributed by atoms with Gasteiger partial charge in [-0.15, -0.1) is 0 Å². The van der Waals surface area contributed by atoms with Crippen molar-refractivity contribution in [1.82, 2.24) is 10.2 Å². The van der Waals surface area contributed by atoms with E-state index in [4.69, 9.17) is 4.74 Å². The van der Waals surface area contributed by atoms with E-state index in [0.29, 0.717) is 12.1 Å². The largest absolute Gasteiger partial charge is 0.374 e. The molecule has 0 radical (unpaired) electrons. The second-order valence-electron chi connectivity index (χ2n) is 5.14. The van der Waals surface area contributed by atoms with Crippen LogP contribution < -0.4 is 5.32 Å². The van der Waals surface area contributed by atoms with E-state index in [1.54, 1.807) is 11.3 Å². The van der Waals surface area contributed by atoms with Crippen LogP contribution in [0.15, 0.2) is 16.8 Å². The first kappa shape index (κ1) is 15.0. The van der Waals surface area contributed by atoms with Gasteiger partial charge >= 0.3 is 0 Å². The molecule has 1 aliphatic rings. The minimum atomic E-state index is 0.340. The summed E-state index contributed by atoms with van der Waals surface area (Å²) in [7, 11) is 0. The second-order valence-corrected chi connectivity index (χ2v) is 5.92. The third kappa shape index (κ3) is 4.56. The van der Waals surface area contributed by atoms with Crippen LogP contribution in [0.25, 0.3) is 0 Å². The lowest BCUT2D eigenvalue weighted by atomic mass is 10.0. The molecule has 0 saturated carbocycles. The second kappa shape index (κ2) is 8.00. The van der Waals surface area contributed by atoms with Crippen LogP contribution in [-0.4, -0.2) is 49.8 Å². The first-order chi connectivity index (χ1) is 9.33. The number of rotatable bonds is 7. The van der Waals surface area contributed by atoms with Gasteiger partial charge in [0, 0.05) is 19.1 Å². The number of aryl methyl sites for hydroxylation is 1. The molecule has 1 saturated heterocycles. The van der Waals surface area contributed by atoms with Gasteiger partial charge in [-0.2, -0.15) is 11.3 Å². The SMILES string of the molecule is CCNC(CCc1ccsc1)C1CN(CC)CCO1. The summed E-state index contributed by atoms with van der Waals surface area (Å²) in [6, 6.07) is 2.70. The summed E-state index contributed by atoms with van der Waals surface area (Å²) < 4.78 is 5.99. The number of hydrogen-bond donors (Lipinski definition) is 1. The molecular weight excluding hydrogens is 256 g/mol. The van der Waals surface area contributed by atoms with Gasteiger partial charge in [0.05, 0.1) is 12.7 Å². The molecule has 0 amide bonds. The molecule has 3 nitrogen and oxygen atoms in total. The summed E-state index contributed by atoms with van der Waals surface area (Å²) in [4.78, 5) is 2.49. The fourth-order valence-electron chi connectivity index (χ4n) is 2.70. The predicted molar refractivity (Wildman–Crippen MR) is 82.0 cm³/mol. The molecule has 2 atom stereocenters. The number of nitrogens with one attached hydrogen (secondary N) is 1. The third-order valence-corrected chi connectivity index (χ3v) is 4.60. The Bertz CT molecular complexity index is 342. The fourth-order valence-corrected chi connectivity index (χ4v) is 3.40. The molecule has 2 rings (SSSR count). The minimum Gasteiger partial charge on any atom is -0.374 e. The third-order valence-electron chi connectivity index (χ3n) is 3.86. The highest BCUT2D eigenvalue weighted by Gasteiger charge is 2.26. The van der Waals surface area contributed by atoms with Crippen molar-refractivity contribution < 1.29 is 4.74 Å². The van der Waals surface area contributed by atoms with Crippen molar-refractivity contribution in [1.29, 1.82) is 0 Å². The first-order valence-corrected chi connectivity index (χ1v) is 8.36. The van der Waals surface area contributed by atoms with Gasteiger partial charge in [0.15, 0.2) is 0 Å². The molecule has 0 aromatic carbocycles. The van der Waals surface area contributed by atoms with Gasteiger partial charge in [-0.05, 0) is 48.3 Å². The Labute approximate surface area is 121 Å². The van der Waals surface area contributed by atoms with Gasteiger partial charge in [0.2, 0.25) is 0 Å². The van der Waals surface area contributed by atoms with Crippen molar-refractivity contribution in [3.63, 3.8) is 0 Å². The van der Waals surface area contributed by atoms with Crippen LogP contribution in [-0.2, 0) is 11.2 Å². The number of hydrogen-bond acceptors (Lipinski definition) is 4. The van der Waals surface area contributed by atoms with Gasteiger partial charge in [0.1, 0.15) is 0 Å². The van der Waals surface area contributed by atoms with Crippen molar-refractivity contribution in [3.8, 4) is 0 Å². The lowest BCUT2D eigenvalue weighted by Gasteiger charge is -2.37. The topological polar surface area (TPSA) is 24.5 Å². The summed E-state index contributed by atoms with van der Waals surface area (Å²) >= 11 is 1.78. The van der Waals surface area contributed by atoms with E-state index in [1.807, 2.05) is 0 Å². The van der Waals surface area contributed by atoms with E-state index < -0.39 is 0 Å². The monoisotopic (exact) mass is 282 g/mol. The van der Waals surface area contributed by atoms with E-state index in [1.165, 1.54) is 5.56 Å². The molecular formula is C15H26N2OS. The summed E-state index contributed by atoms with van der Waals surface area (Å²) in [5.41, 5.74) is 1.45. The summed E-state index contributed by atoms with van der Waals surface area (Å²) in [5, 5.41) is 8.02. The molecule has 1 aromatic rings. The van der Waals surface area contributed by atoms with Gasteiger partial charge < -0.3 is 10.1 Å². The smallest absolute Gasteiger partial charge is 0.0855 e. The van der Waals surface area contributed by atoms with E-state index in [-0.39, 0.29) is 0 Å². The highest BCUT2D eigenvalue weighted by atomic mass is 32.1. The Morgan fingerprint density at radius 2 is 2.42 bits per heavy atom. The molecule has 108 valence electrons. The maximum absolute atomic E-state index is 5.99. The van der Waals surface area contributed by atoms with Crippen molar-refractivity contribution in [3.05, 3.63) is 22.4 Å². The van der Waals surface area contributed by atoms with Crippen molar-refractivity contribution in [2.45, 2.75) is 38.8 Å². The molecule has 2 unspecified atom stereocenters. The fraction of sp³-hybridized carbons (Fsp3) is 0.733. The normalized spacial score (nSPS) is 22.5. The molecule has 0 bridgehead atoms. The van der Waals surface area contributed by atoms with Crippen LogP contribution in [0, 0.1) is 0 Å². The molecule has 2 heterocycles. The average molecular weight is 282 g/mol. The molecule has 0 aliphatic carbocycles. The number of likely N-dealkylation sites (N-methyl/N-ethyl adjacent to an activating group) is 2. The molecule has 1 aliphatic heterocycles. The van der Waals surface area contributed by atoms with Gasteiger partial charge in [-0.1, -0.05) is 13.8 Å². The Balaban J connectivity index is 1.87. The first-order valence-electron chi connectivity index (χ1n) is 7.41. The van der Waals surface area contributed by atoms with Gasteiger partial charge in [0.25, 0.3) is 0 Å². The number of morpholine rings is 1. The zero-order valence-corrected chi connectivity index (χ0v) is 12.9. The van der Waals surface area contributed by atoms with Crippen molar-refractivity contribution >= 4 is 11.3 Å². The van der Waals surface area contributed by atoms with Crippen LogP contribution in [0.5, 0.6) is 0 Å². The van der Waals surface area contributed by atoms with E-state index >= 15 is 0 Å². The number of thiophene rings is 1. The molecule has 1 fully saturated rings. The Morgan fingerprint density at radius 3 is 3.11 bits per heavy atom. The predicted octanol–water partition coefficient (Wildman–Crippen LogP) is 2.38. The lowest BCUT2D eigenvalue weighted by molar-refractivity contribution is -0.0458. The molecule has 4 heteroatoms. The number of ether oxygens (including phenoxy) is 1. The van der Waals surface area contributed by atoms with Crippen molar-refractivity contribution in [2.75, 3.05) is 32.8 Å². The Morgan fingerprint density at radius 1 is 1.53 bits per heavy atom. The lowest BCUT2D eigenvalue weighted by Crippen LogP contribution is -2.52. The minimum absolute atomic E-state index is 0.340. The molecule has 19 heavy (non-hydrogen) atoms. The molecule has 1 aromatic heterocycles. The summed E-state index contributed by atoms with van der Waals surface area (Å²) in [5.74, 6) is 0. The van der Waals surface area contributed by atoms with E-state index in [9.17, 15) is 0 Å². The van der Waals surface area contributed by atoms with E-state index in [2.05, 4.69) is 40.9 Å². The van der Waals surface area contributed by atoms with E-state index in [0.717, 1.165) is 45.6 Å². The Hall–Kier alpha value is -0.420.